The van der Waals surface area contributed by atoms with Crippen molar-refractivity contribution in [2.75, 3.05) is 13.2 Å². The number of fused-ring (bicyclic) bond motifs is 1. The second kappa shape index (κ2) is 6.43. The van der Waals surface area contributed by atoms with Crippen LogP contribution in [-0.4, -0.2) is 19.2 Å². The maximum absolute atomic E-state index is 11.2. The molecule has 98 valence electrons. The van der Waals surface area contributed by atoms with Gasteiger partial charge >= 0.3 is 5.97 Å². The van der Waals surface area contributed by atoms with Gasteiger partial charge in [-0.1, -0.05) is 6.07 Å². The lowest BCUT2D eigenvalue weighted by Gasteiger charge is -2.16. The van der Waals surface area contributed by atoms with Crippen LogP contribution < -0.4 is 4.74 Å². The summed E-state index contributed by atoms with van der Waals surface area (Å²) < 4.78 is 10.4. The monoisotopic (exact) mass is 248 g/mol. The molecule has 3 nitrogen and oxygen atoms in total. The van der Waals surface area contributed by atoms with Crippen molar-refractivity contribution in [1.82, 2.24) is 0 Å². The normalized spacial score (nSPS) is 13.8. The van der Waals surface area contributed by atoms with Gasteiger partial charge < -0.3 is 9.47 Å². The number of carbonyl (C=O) groups excluding carboxylic acids is 1. The molecule has 0 saturated carbocycles. The number of hydrogen-bond donors (Lipinski definition) is 0. The Bertz CT molecular complexity index is 412. The summed E-state index contributed by atoms with van der Waals surface area (Å²) in [7, 11) is 0. The van der Waals surface area contributed by atoms with Crippen LogP contribution in [0.3, 0.4) is 0 Å². The zero-order valence-corrected chi connectivity index (χ0v) is 10.9. The van der Waals surface area contributed by atoms with E-state index in [-0.39, 0.29) is 5.97 Å². The summed E-state index contributed by atoms with van der Waals surface area (Å²) in [6, 6.07) is 6.25. The van der Waals surface area contributed by atoms with Gasteiger partial charge in [-0.25, -0.2) is 0 Å². The Morgan fingerprint density at radius 2 is 2.00 bits per heavy atom. The summed E-state index contributed by atoms with van der Waals surface area (Å²) in [6.45, 7) is 2.62. The molecule has 0 aromatic heterocycles. The topological polar surface area (TPSA) is 35.5 Å². The minimum absolute atomic E-state index is 0.199. The zero-order chi connectivity index (χ0) is 12.8. The van der Waals surface area contributed by atoms with Crippen LogP contribution in [-0.2, 0) is 22.4 Å². The van der Waals surface area contributed by atoms with Crippen molar-refractivity contribution in [1.29, 1.82) is 0 Å². The van der Waals surface area contributed by atoms with Gasteiger partial charge in [0.15, 0.2) is 0 Å². The highest BCUT2D eigenvalue weighted by Crippen LogP contribution is 2.25. The first-order chi connectivity index (χ1) is 8.79. The van der Waals surface area contributed by atoms with Crippen molar-refractivity contribution in [3.05, 3.63) is 29.3 Å². The van der Waals surface area contributed by atoms with E-state index in [1.165, 1.54) is 30.4 Å². The molecular weight excluding hydrogens is 228 g/mol. The van der Waals surface area contributed by atoms with Crippen LogP contribution in [0, 0.1) is 0 Å². The van der Waals surface area contributed by atoms with Crippen molar-refractivity contribution < 1.29 is 14.3 Å². The maximum Gasteiger partial charge on any atom is 0.309 e. The summed E-state index contributed by atoms with van der Waals surface area (Å²) in [5, 5.41) is 0. The zero-order valence-electron chi connectivity index (χ0n) is 10.9. The predicted octanol–water partition coefficient (Wildman–Crippen LogP) is 2.90. The van der Waals surface area contributed by atoms with Crippen LogP contribution in [0.4, 0.5) is 0 Å². The summed E-state index contributed by atoms with van der Waals surface area (Å²) in [5.41, 5.74) is 2.84. The van der Waals surface area contributed by atoms with Crippen molar-refractivity contribution >= 4 is 5.97 Å². The predicted molar refractivity (Wildman–Crippen MR) is 69.8 cm³/mol. The number of aryl methyl sites for hydroxylation is 2. The van der Waals surface area contributed by atoms with E-state index >= 15 is 0 Å². The molecule has 18 heavy (non-hydrogen) atoms. The Labute approximate surface area is 108 Å². The lowest BCUT2D eigenvalue weighted by Crippen LogP contribution is -2.10. The molecule has 0 unspecified atom stereocenters. The summed E-state index contributed by atoms with van der Waals surface area (Å²) in [4.78, 5) is 11.2. The third-order valence-corrected chi connectivity index (χ3v) is 3.20. The molecule has 1 aromatic rings. The Balaban J connectivity index is 1.84. The molecule has 2 rings (SSSR count). The standard InChI is InChI=1S/C15H20O3/c1-2-17-15(16)9-10-18-14-8-7-12-5-3-4-6-13(12)11-14/h7-8,11H,2-6,9-10H2,1H3. The van der Waals surface area contributed by atoms with Crippen LogP contribution in [0.2, 0.25) is 0 Å². The first kappa shape index (κ1) is 12.9. The molecule has 0 heterocycles. The number of esters is 1. The molecule has 0 N–H and O–H groups in total. The molecule has 1 aliphatic carbocycles. The Hall–Kier alpha value is -1.51. The van der Waals surface area contributed by atoms with Gasteiger partial charge in [0.05, 0.1) is 19.6 Å². The van der Waals surface area contributed by atoms with Gasteiger partial charge in [0, 0.05) is 0 Å². The lowest BCUT2D eigenvalue weighted by molar-refractivity contribution is -0.143. The maximum atomic E-state index is 11.2. The second-order valence-corrected chi connectivity index (χ2v) is 4.54. The molecule has 0 radical (unpaired) electrons. The van der Waals surface area contributed by atoms with E-state index in [0.29, 0.717) is 19.6 Å². The van der Waals surface area contributed by atoms with Crippen molar-refractivity contribution in [2.45, 2.75) is 39.0 Å². The summed E-state index contributed by atoms with van der Waals surface area (Å²) >= 11 is 0. The van der Waals surface area contributed by atoms with E-state index in [0.717, 1.165) is 12.2 Å². The number of benzene rings is 1. The van der Waals surface area contributed by atoms with Crippen molar-refractivity contribution in [3.8, 4) is 5.75 Å². The molecule has 1 aliphatic rings. The van der Waals surface area contributed by atoms with Crippen molar-refractivity contribution in [3.63, 3.8) is 0 Å². The molecule has 0 atom stereocenters. The van der Waals surface area contributed by atoms with Crippen LogP contribution >= 0.6 is 0 Å². The van der Waals surface area contributed by atoms with Gasteiger partial charge in [0.2, 0.25) is 0 Å². The molecule has 0 fully saturated rings. The highest BCUT2D eigenvalue weighted by atomic mass is 16.5. The summed E-state index contributed by atoms with van der Waals surface area (Å²) in [6.07, 6.45) is 5.18. The molecular formula is C15H20O3. The van der Waals surface area contributed by atoms with E-state index in [9.17, 15) is 4.79 Å². The van der Waals surface area contributed by atoms with Crippen LogP contribution in [0.25, 0.3) is 0 Å². The van der Waals surface area contributed by atoms with Gasteiger partial charge in [-0.3, -0.25) is 4.79 Å². The largest absolute Gasteiger partial charge is 0.493 e. The lowest BCUT2D eigenvalue weighted by atomic mass is 9.92. The van der Waals surface area contributed by atoms with Gasteiger partial charge in [-0.2, -0.15) is 0 Å². The van der Waals surface area contributed by atoms with E-state index in [4.69, 9.17) is 9.47 Å². The van der Waals surface area contributed by atoms with E-state index < -0.39 is 0 Å². The molecule has 3 heteroatoms. The molecule has 1 aromatic carbocycles. The van der Waals surface area contributed by atoms with E-state index in [2.05, 4.69) is 12.1 Å². The van der Waals surface area contributed by atoms with Crippen LogP contribution in [0.1, 0.15) is 37.3 Å². The quantitative estimate of drug-likeness (QED) is 0.752. The van der Waals surface area contributed by atoms with E-state index in [1.54, 1.807) is 0 Å². The second-order valence-electron chi connectivity index (χ2n) is 4.54. The highest BCUT2D eigenvalue weighted by Gasteiger charge is 2.10. The van der Waals surface area contributed by atoms with Crippen molar-refractivity contribution in [2.24, 2.45) is 0 Å². The number of ether oxygens (including phenoxy) is 2. The average molecular weight is 248 g/mol. The van der Waals surface area contributed by atoms with Crippen LogP contribution in [0.15, 0.2) is 18.2 Å². The molecule has 0 spiro atoms. The molecule has 0 bridgehead atoms. The van der Waals surface area contributed by atoms with Gasteiger partial charge in [0.1, 0.15) is 5.75 Å². The Kier molecular flexibility index (Phi) is 4.62. The first-order valence-corrected chi connectivity index (χ1v) is 6.70. The Morgan fingerprint density at radius 3 is 2.78 bits per heavy atom. The fraction of sp³-hybridized carbons (Fsp3) is 0.533. The third-order valence-electron chi connectivity index (χ3n) is 3.20. The fourth-order valence-electron chi connectivity index (χ4n) is 2.28. The van der Waals surface area contributed by atoms with E-state index in [1.807, 2.05) is 13.0 Å². The Morgan fingerprint density at radius 1 is 1.22 bits per heavy atom. The first-order valence-electron chi connectivity index (χ1n) is 6.70. The molecule has 0 amide bonds. The average Bonchev–Trinajstić information content (AvgIpc) is 2.39. The summed E-state index contributed by atoms with van der Waals surface area (Å²) in [5.74, 6) is 0.662. The number of carbonyl (C=O) groups is 1. The molecule has 0 saturated heterocycles. The SMILES string of the molecule is CCOC(=O)CCOc1ccc2c(c1)CCCC2. The third kappa shape index (κ3) is 3.49. The van der Waals surface area contributed by atoms with Gasteiger partial charge in [0.25, 0.3) is 0 Å². The molecule has 0 aliphatic heterocycles. The minimum Gasteiger partial charge on any atom is -0.493 e. The minimum atomic E-state index is -0.199. The van der Waals surface area contributed by atoms with Crippen LogP contribution in [0.5, 0.6) is 5.75 Å². The number of hydrogen-bond acceptors (Lipinski definition) is 3. The van der Waals surface area contributed by atoms with Gasteiger partial charge in [-0.05, 0) is 55.9 Å². The fourth-order valence-corrected chi connectivity index (χ4v) is 2.28. The van der Waals surface area contributed by atoms with Gasteiger partial charge in [-0.15, -0.1) is 0 Å². The smallest absolute Gasteiger partial charge is 0.309 e. The highest BCUT2D eigenvalue weighted by molar-refractivity contribution is 5.69. The number of rotatable bonds is 5.